The van der Waals surface area contributed by atoms with Crippen molar-refractivity contribution in [1.29, 1.82) is 0 Å². The number of hydrogen-bond acceptors (Lipinski definition) is 5. The Balaban J connectivity index is 1.34. The summed E-state index contributed by atoms with van der Waals surface area (Å²) in [7, 11) is 1.31. The zero-order valence-electron chi connectivity index (χ0n) is 21.6. The number of nitrogens with zero attached hydrogens (tertiary/aromatic N) is 1. The quantitative estimate of drug-likeness (QED) is 0.430. The Bertz CT molecular complexity index is 1360. The second-order valence-electron chi connectivity index (χ2n) is 9.67. The van der Waals surface area contributed by atoms with Crippen molar-refractivity contribution in [3.05, 3.63) is 88.8 Å². The van der Waals surface area contributed by atoms with Gasteiger partial charge in [0.2, 0.25) is 5.82 Å². The molecular formula is C30H32F2N4O2. The molecule has 1 saturated heterocycles. The Kier molecular flexibility index (Phi) is 7.69. The van der Waals surface area contributed by atoms with Crippen LogP contribution in [0, 0.1) is 17.6 Å². The lowest BCUT2D eigenvalue weighted by atomic mass is 9.89. The number of benzene rings is 2. The first-order chi connectivity index (χ1) is 18.5. The highest BCUT2D eigenvalue weighted by atomic mass is 19.2. The third kappa shape index (κ3) is 5.13. The van der Waals surface area contributed by atoms with Crippen molar-refractivity contribution in [3.8, 4) is 5.75 Å². The minimum atomic E-state index is -1.01. The summed E-state index contributed by atoms with van der Waals surface area (Å²) in [6, 6.07) is 8.84. The van der Waals surface area contributed by atoms with E-state index in [0.29, 0.717) is 24.0 Å². The number of rotatable bonds is 7. The molecule has 38 heavy (non-hydrogen) atoms. The topological polar surface area (TPSA) is 74.8 Å². The number of halogens is 2. The molecule has 3 N–H and O–H groups in total. The first-order valence-electron chi connectivity index (χ1n) is 13.1. The Morgan fingerprint density at radius 1 is 1.21 bits per heavy atom. The van der Waals surface area contributed by atoms with Gasteiger partial charge in [0.1, 0.15) is 0 Å². The van der Waals surface area contributed by atoms with Gasteiger partial charge in [-0.25, -0.2) is 4.39 Å². The van der Waals surface area contributed by atoms with E-state index in [0.717, 1.165) is 48.6 Å². The maximum absolute atomic E-state index is 14.9. The molecule has 2 unspecified atom stereocenters. The van der Waals surface area contributed by atoms with Gasteiger partial charge in [0.25, 0.3) is 5.91 Å². The number of piperidine rings is 1. The number of aliphatic imine (C=N–C) groups is 1. The van der Waals surface area contributed by atoms with Crippen molar-refractivity contribution in [1.82, 2.24) is 10.6 Å². The van der Waals surface area contributed by atoms with Crippen LogP contribution in [0.5, 0.6) is 5.75 Å². The number of methoxy groups -OCH3 is 1. The number of carbonyl (C=O) groups excluding carboxylic acids is 1. The molecule has 2 aliphatic heterocycles. The number of anilines is 1. The second-order valence-corrected chi connectivity index (χ2v) is 9.67. The molecule has 2 atom stereocenters. The zero-order chi connectivity index (χ0) is 26.6. The van der Waals surface area contributed by atoms with E-state index in [1.165, 1.54) is 19.2 Å². The predicted octanol–water partition coefficient (Wildman–Crippen LogP) is 5.39. The highest BCUT2D eigenvalue weighted by Crippen LogP contribution is 2.38. The number of nitrogens with one attached hydrogen (secondary N) is 3. The van der Waals surface area contributed by atoms with Crippen LogP contribution in [0.3, 0.4) is 0 Å². The summed E-state index contributed by atoms with van der Waals surface area (Å²) in [5.41, 5.74) is 4.74. The highest BCUT2D eigenvalue weighted by Gasteiger charge is 2.30. The lowest BCUT2D eigenvalue weighted by Gasteiger charge is -2.24. The molecule has 0 bridgehead atoms. The van der Waals surface area contributed by atoms with Crippen molar-refractivity contribution in [3.63, 3.8) is 0 Å². The summed E-state index contributed by atoms with van der Waals surface area (Å²) >= 11 is 0. The number of aryl methyl sites for hydroxylation is 1. The van der Waals surface area contributed by atoms with Crippen LogP contribution in [0.25, 0.3) is 5.57 Å². The third-order valence-electron chi connectivity index (χ3n) is 7.25. The van der Waals surface area contributed by atoms with E-state index in [9.17, 15) is 13.6 Å². The van der Waals surface area contributed by atoms with Gasteiger partial charge in [-0.3, -0.25) is 9.79 Å². The van der Waals surface area contributed by atoms with Crippen molar-refractivity contribution in [2.75, 3.05) is 25.5 Å². The van der Waals surface area contributed by atoms with Gasteiger partial charge in [-0.2, -0.15) is 4.39 Å². The van der Waals surface area contributed by atoms with Crippen LogP contribution in [0.2, 0.25) is 0 Å². The SMILES string of the molecule is CCc1cc(NC2=CCC=CC3C(c4ccc(OC)c(F)c4F)=CN=C23)ccc1C(=O)NC1CCCNC1. The molecule has 8 heteroatoms. The van der Waals surface area contributed by atoms with Crippen LogP contribution in [-0.4, -0.2) is 37.9 Å². The molecule has 1 aliphatic carbocycles. The first kappa shape index (κ1) is 25.9. The van der Waals surface area contributed by atoms with Crippen molar-refractivity contribution < 1.29 is 18.3 Å². The maximum atomic E-state index is 14.9. The Morgan fingerprint density at radius 3 is 2.84 bits per heavy atom. The Hall–Kier alpha value is -3.78. The minimum absolute atomic E-state index is 0.0530. The summed E-state index contributed by atoms with van der Waals surface area (Å²) in [6.07, 6.45) is 11.0. The number of amides is 1. The van der Waals surface area contributed by atoms with Gasteiger partial charge in [0.15, 0.2) is 11.6 Å². The molecule has 6 nitrogen and oxygen atoms in total. The number of ether oxygens (including phenoxy) is 1. The molecule has 2 aromatic carbocycles. The molecule has 3 aliphatic rings. The monoisotopic (exact) mass is 518 g/mol. The smallest absolute Gasteiger partial charge is 0.251 e. The standard InChI is InChI=1S/C30H32F2N4O2/c1-3-18-15-19(10-11-21(18)30(37)36-20-7-6-14-33-16-20)35-25-9-5-4-8-23-24(17-34-29(23)25)22-12-13-26(38-2)28(32)27(22)31/h4,8-13,15,17,20,23,33,35H,3,5-7,14,16H2,1-2H3,(H,36,37). The van der Waals surface area contributed by atoms with Crippen LogP contribution < -0.4 is 20.7 Å². The van der Waals surface area contributed by atoms with E-state index >= 15 is 0 Å². The molecule has 0 aromatic heterocycles. The molecule has 1 fully saturated rings. The van der Waals surface area contributed by atoms with E-state index in [2.05, 4.69) is 20.9 Å². The fraction of sp³-hybridized carbons (Fsp3) is 0.333. The lowest BCUT2D eigenvalue weighted by Crippen LogP contribution is -2.45. The average Bonchev–Trinajstić information content (AvgIpc) is 3.25. The molecule has 2 aromatic rings. The van der Waals surface area contributed by atoms with Crippen LogP contribution in [0.4, 0.5) is 14.5 Å². The lowest BCUT2D eigenvalue weighted by molar-refractivity contribution is 0.0930. The van der Waals surface area contributed by atoms with Gasteiger partial charge in [-0.15, -0.1) is 0 Å². The predicted molar refractivity (Wildman–Crippen MR) is 146 cm³/mol. The third-order valence-corrected chi connectivity index (χ3v) is 7.25. The van der Waals surface area contributed by atoms with Crippen LogP contribution in [-0.2, 0) is 6.42 Å². The summed E-state index contributed by atoms with van der Waals surface area (Å²) < 4.78 is 34.3. The summed E-state index contributed by atoms with van der Waals surface area (Å²) in [5.74, 6) is -2.47. The largest absolute Gasteiger partial charge is 0.494 e. The maximum Gasteiger partial charge on any atom is 0.251 e. The average molecular weight is 519 g/mol. The van der Waals surface area contributed by atoms with E-state index in [4.69, 9.17) is 4.74 Å². The molecule has 0 radical (unpaired) electrons. The molecule has 2 heterocycles. The Morgan fingerprint density at radius 2 is 2.08 bits per heavy atom. The number of fused-ring (bicyclic) bond motifs is 1. The van der Waals surface area contributed by atoms with E-state index in [1.54, 1.807) is 6.20 Å². The fourth-order valence-electron chi connectivity index (χ4n) is 5.23. The number of hydrogen-bond donors (Lipinski definition) is 3. The normalized spacial score (nSPS) is 20.6. The molecule has 5 rings (SSSR count). The van der Waals surface area contributed by atoms with Gasteiger partial charge in [-0.1, -0.05) is 25.2 Å². The molecule has 198 valence electrons. The minimum Gasteiger partial charge on any atom is -0.494 e. The summed E-state index contributed by atoms with van der Waals surface area (Å²) in [4.78, 5) is 17.6. The molecule has 1 amide bonds. The van der Waals surface area contributed by atoms with Gasteiger partial charge in [0, 0.05) is 41.5 Å². The van der Waals surface area contributed by atoms with Crippen molar-refractivity contribution in [2.45, 2.75) is 38.6 Å². The number of carbonyl (C=O) groups is 1. The zero-order valence-corrected chi connectivity index (χ0v) is 21.6. The van der Waals surface area contributed by atoms with Crippen LogP contribution in [0.15, 0.2) is 65.4 Å². The van der Waals surface area contributed by atoms with Crippen LogP contribution >= 0.6 is 0 Å². The van der Waals surface area contributed by atoms with E-state index < -0.39 is 11.6 Å². The molecular weight excluding hydrogens is 486 g/mol. The molecule has 0 spiro atoms. The van der Waals surface area contributed by atoms with E-state index in [-0.39, 0.29) is 29.2 Å². The van der Waals surface area contributed by atoms with Gasteiger partial charge < -0.3 is 20.7 Å². The Labute approximate surface area is 221 Å². The van der Waals surface area contributed by atoms with Gasteiger partial charge >= 0.3 is 0 Å². The summed E-state index contributed by atoms with van der Waals surface area (Å²) in [6.45, 7) is 3.82. The number of allylic oxidation sites excluding steroid dienone is 5. The highest BCUT2D eigenvalue weighted by molar-refractivity contribution is 6.14. The van der Waals surface area contributed by atoms with Gasteiger partial charge in [-0.05, 0) is 73.7 Å². The van der Waals surface area contributed by atoms with Crippen molar-refractivity contribution in [2.24, 2.45) is 10.9 Å². The summed E-state index contributed by atoms with van der Waals surface area (Å²) in [5, 5.41) is 9.94. The van der Waals surface area contributed by atoms with Crippen molar-refractivity contribution >= 4 is 22.9 Å². The van der Waals surface area contributed by atoms with Crippen LogP contribution in [0.1, 0.15) is 47.7 Å². The van der Waals surface area contributed by atoms with E-state index in [1.807, 2.05) is 43.4 Å². The molecule has 0 saturated carbocycles. The fourth-order valence-corrected chi connectivity index (χ4v) is 5.23. The second kappa shape index (κ2) is 11.3. The first-order valence-corrected chi connectivity index (χ1v) is 13.1. The van der Waals surface area contributed by atoms with Gasteiger partial charge in [0.05, 0.1) is 18.5 Å².